The van der Waals surface area contributed by atoms with Gasteiger partial charge in [-0.2, -0.15) is 0 Å². The van der Waals surface area contributed by atoms with Crippen LogP contribution in [0.1, 0.15) is 48.5 Å². The third-order valence-corrected chi connectivity index (χ3v) is 5.30. The number of aryl methyl sites for hydroxylation is 1. The number of benzene rings is 1. The third-order valence-electron chi connectivity index (χ3n) is 5.30. The number of hydrogen-bond donors (Lipinski definition) is 2. The van der Waals surface area contributed by atoms with Crippen LogP contribution in [0.4, 0.5) is 5.69 Å². The molecule has 28 heavy (non-hydrogen) atoms. The van der Waals surface area contributed by atoms with Crippen LogP contribution < -0.4 is 16.2 Å². The highest BCUT2D eigenvalue weighted by atomic mass is 16.2. The molecule has 0 bridgehead atoms. The summed E-state index contributed by atoms with van der Waals surface area (Å²) in [6.45, 7) is 4.00. The molecule has 0 aliphatic heterocycles. The molecule has 0 radical (unpaired) electrons. The second-order valence-corrected chi connectivity index (χ2v) is 7.64. The number of nitrogens with zero attached hydrogens (tertiary/aromatic N) is 1. The Balaban J connectivity index is 1.57. The Morgan fingerprint density at radius 2 is 1.79 bits per heavy atom. The number of nitrogens with one attached hydrogen (secondary N) is 2. The average Bonchev–Trinajstić information content (AvgIpc) is 2.67. The van der Waals surface area contributed by atoms with Crippen LogP contribution >= 0.6 is 0 Å². The molecular formula is C22H27N3O3. The first-order valence-electron chi connectivity index (χ1n) is 9.80. The molecule has 2 atom stereocenters. The van der Waals surface area contributed by atoms with E-state index in [1.165, 1.54) is 17.1 Å². The molecule has 2 aromatic rings. The molecule has 2 amide bonds. The molecular weight excluding hydrogens is 354 g/mol. The van der Waals surface area contributed by atoms with Crippen molar-refractivity contribution in [3.8, 4) is 0 Å². The zero-order chi connectivity index (χ0) is 20.1. The van der Waals surface area contributed by atoms with Crippen LogP contribution in [0, 0.1) is 12.8 Å². The third kappa shape index (κ3) is 5.09. The summed E-state index contributed by atoms with van der Waals surface area (Å²) in [5.74, 6) is 0.130. The van der Waals surface area contributed by atoms with Crippen LogP contribution in [0.25, 0.3) is 0 Å². The molecule has 1 fully saturated rings. The van der Waals surface area contributed by atoms with Gasteiger partial charge in [0.2, 0.25) is 5.91 Å². The quantitative estimate of drug-likeness (QED) is 0.835. The van der Waals surface area contributed by atoms with Gasteiger partial charge in [-0.3, -0.25) is 14.4 Å². The lowest BCUT2D eigenvalue weighted by Gasteiger charge is -2.29. The molecule has 1 aromatic carbocycles. The van der Waals surface area contributed by atoms with Gasteiger partial charge in [-0.1, -0.05) is 25.8 Å². The molecule has 2 N–H and O–H groups in total. The minimum atomic E-state index is -0.291. The van der Waals surface area contributed by atoms with Crippen molar-refractivity contribution in [1.82, 2.24) is 9.88 Å². The highest BCUT2D eigenvalue weighted by Gasteiger charge is 2.23. The van der Waals surface area contributed by atoms with Crippen LogP contribution in [0.5, 0.6) is 0 Å². The summed E-state index contributed by atoms with van der Waals surface area (Å²) in [7, 11) is 0. The molecule has 6 nitrogen and oxygen atoms in total. The highest BCUT2D eigenvalue weighted by molar-refractivity contribution is 5.96. The summed E-state index contributed by atoms with van der Waals surface area (Å²) >= 11 is 0. The number of pyridine rings is 1. The Bertz CT molecular complexity index is 902. The summed E-state index contributed by atoms with van der Waals surface area (Å²) in [6, 6.07) is 10.2. The zero-order valence-corrected chi connectivity index (χ0v) is 16.4. The van der Waals surface area contributed by atoms with Gasteiger partial charge >= 0.3 is 0 Å². The summed E-state index contributed by atoms with van der Waals surface area (Å²) in [4.78, 5) is 36.5. The highest BCUT2D eigenvalue weighted by Crippen LogP contribution is 2.24. The predicted molar refractivity (Wildman–Crippen MR) is 109 cm³/mol. The van der Waals surface area contributed by atoms with E-state index < -0.39 is 0 Å². The topological polar surface area (TPSA) is 80.2 Å². The number of anilines is 1. The van der Waals surface area contributed by atoms with Crippen LogP contribution in [-0.4, -0.2) is 22.4 Å². The maximum absolute atomic E-state index is 12.5. The Kier molecular flexibility index (Phi) is 6.29. The van der Waals surface area contributed by atoms with Crippen LogP contribution in [0.15, 0.2) is 47.4 Å². The first kappa shape index (κ1) is 19.9. The van der Waals surface area contributed by atoms with Crippen molar-refractivity contribution in [3.63, 3.8) is 0 Å². The molecule has 2 unspecified atom stereocenters. The van der Waals surface area contributed by atoms with Gasteiger partial charge in [0.15, 0.2) is 0 Å². The van der Waals surface area contributed by atoms with E-state index in [1.54, 1.807) is 36.5 Å². The predicted octanol–water partition coefficient (Wildman–Crippen LogP) is 3.10. The van der Waals surface area contributed by atoms with Gasteiger partial charge in [0, 0.05) is 29.6 Å². The van der Waals surface area contributed by atoms with E-state index in [9.17, 15) is 14.4 Å². The monoisotopic (exact) mass is 381 g/mol. The molecule has 6 heteroatoms. The minimum absolute atomic E-state index is 0.0533. The second kappa shape index (κ2) is 8.87. The molecule has 1 aliphatic carbocycles. The van der Waals surface area contributed by atoms with Gasteiger partial charge in [-0.25, -0.2) is 0 Å². The number of hydrogen-bond acceptors (Lipinski definition) is 3. The minimum Gasteiger partial charge on any atom is -0.349 e. The van der Waals surface area contributed by atoms with Gasteiger partial charge < -0.3 is 15.2 Å². The first-order valence-corrected chi connectivity index (χ1v) is 9.80. The maximum atomic E-state index is 12.5. The van der Waals surface area contributed by atoms with Gasteiger partial charge in [0.25, 0.3) is 11.5 Å². The number of rotatable bonds is 5. The van der Waals surface area contributed by atoms with Crippen molar-refractivity contribution in [2.24, 2.45) is 5.92 Å². The van der Waals surface area contributed by atoms with E-state index in [0.717, 1.165) is 24.8 Å². The van der Waals surface area contributed by atoms with Gasteiger partial charge in [0.1, 0.15) is 6.54 Å². The van der Waals surface area contributed by atoms with Crippen molar-refractivity contribution in [2.45, 2.75) is 52.1 Å². The lowest BCUT2D eigenvalue weighted by molar-refractivity contribution is -0.116. The SMILES string of the molecule is Cc1ccc(=O)n(CC(=O)Nc2ccc(C(=O)NC3CCCCC3C)cc2)c1. The van der Waals surface area contributed by atoms with Crippen LogP contribution in [-0.2, 0) is 11.3 Å². The van der Waals surface area contributed by atoms with E-state index in [-0.39, 0.29) is 30.0 Å². The average molecular weight is 381 g/mol. The Morgan fingerprint density at radius 3 is 2.50 bits per heavy atom. The lowest BCUT2D eigenvalue weighted by atomic mass is 9.86. The molecule has 0 spiro atoms. The molecule has 1 saturated carbocycles. The van der Waals surface area contributed by atoms with Crippen molar-refractivity contribution in [2.75, 3.05) is 5.32 Å². The van der Waals surface area contributed by atoms with Gasteiger partial charge in [0.05, 0.1) is 0 Å². The first-order chi connectivity index (χ1) is 13.4. The molecule has 3 rings (SSSR count). The normalized spacial score (nSPS) is 19.1. The summed E-state index contributed by atoms with van der Waals surface area (Å²) in [6.07, 6.45) is 6.22. The van der Waals surface area contributed by atoms with Crippen molar-refractivity contribution < 1.29 is 9.59 Å². The largest absolute Gasteiger partial charge is 0.349 e. The van der Waals surface area contributed by atoms with E-state index in [0.29, 0.717) is 17.2 Å². The van der Waals surface area contributed by atoms with Crippen LogP contribution in [0.3, 0.4) is 0 Å². The summed E-state index contributed by atoms with van der Waals surface area (Å²) < 4.78 is 1.37. The van der Waals surface area contributed by atoms with E-state index in [1.807, 2.05) is 6.92 Å². The number of aromatic nitrogens is 1. The fraction of sp³-hybridized carbons (Fsp3) is 0.409. The number of amides is 2. The molecule has 1 heterocycles. The second-order valence-electron chi connectivity index (χ2n) is 7.64. The fourth-order valence-electron chi connectivity index (χ4n) is 3.62. The Labute approximate surface area is 165 Å². The lowest BCUT2D eigenvalue weighted by Crippen LogP contribution is -2.41. The Morgan fingerprint density at radius 1 is 1.07 bits per heavy atom. The van der Waals surface area contributed by atoms with E-state index in [2.05, 4.69) is 17.6 Å². The zero-order valence-electron chi connectivity index (χ0n) is 16.4. The molecule has 148 valence electrons. The number of carbonyl (C=O) groups is 2. The summed E-state index contributed by atoms with van der Waals surface area (Å²) in [5, 5.41) is 5.89. The van der Waals surface area contributed by atoms with E-state index in [4.69, 9.17) is 0 Å². The van der Waals surface area contributed by atoms with Gasteiger partial charge in [-0.15, -0.1) is 0 Å². The Hall–Kier alpha value is -2.89. The summed E-state index contributed by atoms with van der Waals surface area (Å²) in [5.41, 5.74) is 1.86. The molecule has 0 saturated heterocycles. The smallest absolute Gasteiger partial charge is 0.251 e. The van der Waals surface area contributed by atoms with Crippen molar-refractivity contribution >= 4 is 17.5 Å². The van der Waals surface area contributed by atoms with Gasteiger partial charge in [-0.05, 0) is 55.5 Å². The fourth-order valence-corrected chi connectivity index (χ4v) is 3.62. The van der Waals surface area contributed by atoms with E-state index >= 15 is 0 Å². The molecule has 1 aliphatic rings. The maximum Gasteiger partial charge on any atom is 0.251 e. The molecule has 1 aromatic heterocycles. The van der Waals surface area contributed by atoms with Crippen LogP contribution in [0.2, 0.25) is 0 Å². The number of carbonyl (C=O) groups excluding carboxylic acids is 2. The standard InChI is InChI=1S/C22H27N3O3/c1-15-7-12-21(27)25(13-15)14-20(26)23-18-10-8-17(9-11-18)22(28)24-19-6-4-3-5-16(19)2/h7-13,16,19H,3-6,14H2,1-2H3,(H,23,26)(H,24,28). The van der Waals surface area contributed by atoms with Crippen molar-refractivity contribution in [3.05, 3.63) is 64.1 Å². The van der Waals surface area contributed by atoms with Crippen molar-refractivity contribution in [1.29, 1.82) is 0 Å².